The molecule has 0 aromatic carbocycles. The number of aliphatic hydroxyl groups is 4. The van der Waals surface area contributed by atoms with Gasteiger partial charge in [0.1, 0.15) is 18.5 Å². The van der Waals surface area contributed by atoms with E-state index in [-0.39, 0.29) is 13.2 Å². The fourth-order valence-corrected chi connectivity index (χ4v) is 0.0577. The molecular formula is C9H18O7. The quantitative estimate of drug-likeness (QED) is 0.286. The molecular weight excluding hydrogens is 220 g/mol. The Hall–Kier alpha value is -1.28. The van der Waals surface area contributed by atoms with Crippen LogP contribution in [0.15, 0.2) is 12.7 Å². The lowest BCUT2D eigenvalue weighted by molar-refractivity contribution is -0.145. The minimum Gasteiger partial charge on any atom is -0.479 e. The summed E-state index contributed by atoms with van der Waals surface area (Å²) in [7, 11) is 0. The zero-order valence-corrected chi connectivity index (χ0v) is 8.98. The van der Waals surface area contributed by atoms with Gasteiger partial charge in [0.25, 0.3) is 0 Å². The third-order valence-electron chi connectivity index (χ3n) is 0.875. The Morgan fingerprint density at radius 2 is 1.56 bits per heavy atom. The summed E-state index contributed by atoms with van der Waals surface area (Å²) in [6, 6.07) is 0. The Bertz CT molecular complexity index is 169. The Labute approximate surface area is 93.3 Å². The summed E-state index contributed by atoms with van der Waals surface area (Å²) in [6.45, 7) is 3.58. The summed E-state index contributed by atoms with van der Waals surface area (Å²) in [5.41, 5.74) is 0. The summed E-state index contributed by atoms with van der Waals surface area (Å²) in [5.74, 6) is -1.19. The summed E-state index contributed by atoms with van der Waals surface area (Å²) in [4.78, 5) is 18.5. The molecule has 1 atom stereocenters. The second-order valence-electron chi connectivity index (χ2n) is 2.40. The highest BCUT2D eigenvalue weighted by Crippen LogP contribution is 1.73. The van der Waals surface area contributed by atoms with Crippen LogP contribution in [0, 0.1) is 0 Å². The lowest BCUT2D eigenvalue weighted by Crippen LogP contribution is -2.15. The standard InChI is InChI=1S/C3H8O3.C3H6O3.C3H4O/c4-1-3(6)2-5;1-2(4)3(5)6;1-2-3-4/h3-6H,1-2H2;2,4H,1H3,(H,5,6);2-3H,1H2. The van der Waals surface area contributed by atoms with Gasteiger partial charge >= 0.3 is 5.97 Å². The zero-order chi connectivity index (χ0) is 13.6. The number of aliphatic hydroxyl groups excluding tert-OH is 4. The molecule has 0 aromatic rings. The molecule has 0 spiro atoms. The van der Waals surface area contributed by atoms with Gasteiger partial charge in [-0.05, 0) is 13.0 Å². The van der Waals surface area contributed by atoms with Gasteiger partial charge in [-0.1, -0.05) is 6.58 Å². The Kier molecular flexibility index (Phi) is 20.4. The molecule has 0 aliphatic heterocycles. The highest BCUT2D eigenvalue weighted by molar-refractivity contribution is 5.71. The normalized spacial score (nSPS) is 10.1. The van der Waals surface area contributed by atoms with Gasteiger partial charge in [0.15, 0.2) is 0 Å². The van der Waals surface area contributed by atoms with Gasteiger partial charge in [0.05, 0.1) is 13.2 Å². The summed E-state index contributed by atoms with van der Waals surface area (Å²) in [6.07, 6.45) is -0.352. The number of aldehydes is 1. The molecule has 0 rings (SSSR count). The molecule has 96 valence electrons. The molecule has 0 radical (unpaired) electrons. The predicted octanol–water partition coefficient (Wildman–Crippen LogP) is -1.84. The number of carboxylic acid groups (broad SMARTS) is 1. The summed E-state index contributed by atoms with van der Waals surface area (Å²) in [5, 5.41) is 39.8. The highest BCUT2D eigenvalue weighted by Gasteiger charge is 2.01. The van der Waals surface area contributed by atoms with E-state index >= 15 is 0 Å². The first-order chi connectivity index (χ1) is 7.37. The molecule has 1 unspecified atom stereocenters. The molecule has 7 heteroatoms. The molecule has 0 saturated carbocycles. The Morgan fingerprint density at radius 1 is 1.31 bits per heavy atom. The maximum atomic E-state index is 9.45. The minimum absolute atomic E-state index is 0.365. The molecule has 0 fully saturated rings. The molecule has 0 bridgehead atoms. The molecule has 0 heterocycles. The van der Waals surface area contributed by atoms with E-state index in [1.165, 1.54) is 13.0 Å². The smallest absolute Gasteiger partial charge is 0.332 e. The highest BCUT2D eigenvalue weighted by atomic mass is 16.4. The van der Waals surface area contributed by atoms with Crippen LogP contribution in [0.4, 0.5) is 0 Å². The number of rotatable bonds is 4. The number of carbonyl (C=O) groups is 2. The van der Waals surface area contributed by atoms with E-state index in [4.69, 9.17) is 30.3 Å². The van der Waals surface area contributed by atoms with Gasteiger partial charge in [0.2, 0.25) is 0 Å². The SMILES string of the molecule is C=CC=O.CC(O)C(=O)O.OCC(O)CO. The lowest BCUT2D eigenvalue weighted by Gasteiger charge is -1.96. The average molecular weight is 238 g/mol. The Balaban J connectivity index is -0.000000162. The fraction of sp³-hybridized carbons (Fsp3) is 0.556. The molecule has 5 N–H and O–H groups in total. The maximum Gasteiger partial charge on any atom is 0.332 e. The molecule has 0 aromatic heterocycles. The maximum absolute atomic E-state index is 9.45. The predicted molar refractivity (Wildman–Crippen MR) is 55.8 cm³/mol. The van der Waals surface area contributed by atoms with Crippen LogP contribution in [0.1, 0.15) is 6.92 Å². The van der Waals surface area contributed by atoms with Crippen molar-refractivity contribution in [3.8, 4) is 0 Å². The van der Waals surface area contributed by atoms with Crippen molar-refractivity contribution in [2.24, 2.45) is 0 Å². The van der Waals surface area contributed by atoms with Crippen LogP contribution in [0.2, 0.25) is 0 Å². The molecule has 0 saturated heterocycles. The number of carbonyl (C=O) groups excluding carboxylic acids is 1. The van der Waals surface area contributed by atoms with E-state index in [9.17, 15) is 4.79 Å². The average Bonchev–Trinajstić information content (AvgIpc) is 2.28. The van der Waals surface area contributed by atoms with E-state index in [0.717, 1.165) is 0 Å². The van der Waals surface area contributed by atoms with Crippen LogP contribution in [-0.4, -0.2) is 63.2 Å². The van der Waals surface area contributed by atoms with E-state index in [1.807, 2.05) is 0 Å². The monoisotopic (exact) mass is 238 g/mol. The number of aliphatic carboxylic acids is 1. The number of hydrogen-bond acceptors (Lipinski definition) is 6. The molecule has 7 nitrogen and oxygen atoms in total. The topological polar surface area (TPSA) is 135 Å². The third kappa shape index (κ3) is 29.3. The van der Waals surface area contributed by atoms with Gasteiger partial charge < -0.3 is 25.5 Å². The second-order valence-corrected chi connectivity index (χ2v) is 2.40. The van der Waals surface area contributed by atoms with Crippen molar-refractivity contribution >= 4 is 12.3 Å². The van der Waals surface area contributed by atoms with Crippen LogP contribution in [0.25, 0.3) is 0 Å². The van der Waals surface area contributed by atoms with Crippen molar-refractivity contribution in [3.05, 3.63) is 12.7 Å². The van der Waals surface area contributed by atoms with Crippen LogP contribution in [-0.2, 0) is 9.59 Å². The van der Waals surface area contributed by atoms with Crippen molar-refractivity contribution in [2.75, 3.05) is 13.2 Å². The van der Waals surface area contributed by atoms with E-state index in [0.29, 0.717) is 6.29 Å². The first-order valence-corrected chi connectivity index (χ1v) is 4.24. The fourth-order valence-electron chi connectivity index (χ4n) is 0.0577. The van der Waals surface area contributed by atoms with Crippen LogP contribution in [0.3, 0.4) is 0 Å². The molecule has 16 heavy (non-hydrogen) atoms. The second kappa shape index (κ2) is 16.2. The van der Waals surface area contributed by atoms with Gasteiger partial charge in [-0.25, -0.2) is 4.79 Å². The van der Waals surface area contributed by atoms with Gasteiger partial charge in [-0.3, -0.25) is 4.79 Å². The molecule has 0 aliphatic carbocycles. The van der Waals surface area contributed by atoms with E-state index < -0.39 is 18.2 Å². The van der Waals surface area contributed by atoms with Crippen molar-refractivity contribution in [3.63, 3.8) is 0 Å². The van der Waals surface area contributed by atoms with Gasteiger partial charge in [0, 0.05) is 0 Å². The number of carboxylic acids is 1. The number of allylic oxidation sites excluding steroid dienone is 1. The first kappa shape index (κ1) is 20.2. The third-order valence-corrected chi connectivity index (χ3v) is 0.875. The van der Waals surface area contributed by atoms with Crippen LogP contribution in [0.5, 0.6) is 0 Å². The lowest BCUT2D eigenvalue weighted by atomic mass is 10.4. The summed E-state index contributed by atoms with van der Waals surface area (Å²) >= 11 is 0. The Morgan fingerprint density at radius 3 is 1.56 bits per heavy atom. The summed E-state index contributed by atoms with van der Waals surface area (Å²) < 4.78 is 0. The molecule has 0 aliphatic rings. The molecule has 0 amide bonds. The van der Waals surface area contributed by atoms with Crippen LogP contribution < -0.4 is 0 Å². The van der Waals surface area contributed by atoms with Gasteiger partial charge in [-0.15, -0.1) is 0 Å². The van der Waals surface area contributed by atoms with Crippen molar-refractivity contribution in [2.45, 2.75) is 19.1 Å². The first-order valence-electron chi connectivity index (χ1n) is 4.24. The van der Waals surface area contributed by atoms with E-state index in [2.05, 4.69) is 6.58 Å². The van der Waals surface area contributed by atoms with E-state index in [1.54, 1.807) is 0 Å². The van der Waals surface area contributed by atoms with Gasteiger partial charge in [-0.2, -0.15) is 0 Å². The largest absolute Gasteiger partial charge is 0.479 e. The van der Waals surface area contributed by atoms with Crippen molar-refractivity contribution in [1.82, 2.24) is 0 Å². The van der Waals surface area contributed by atoms with Crippen LogP contribution >= 0.6 is 0 Å². The van der Waals surface area contributed by atoms with Crippen molar-refractivity contribution in [1.29, 1.82) is 0 Å². The zero-order valence-electron chi connectivity index (χ0n) is 8.98. The van der Waals surface area contributed by atoms with Crippen molar-refractivity contribution < 1.29 is 35.1 Å². The number of hydrogen-bond donors (Lipinski definition) is 5. The minimum atomic E-state index is -1.23.